The molecule has 0 unspecified atom stereocenters. The lowest BCUT2D eigenvalue weighted by Crippen LogP contribution is -2.33. The van der Waals surface area contributed by atoms with Crippen molar-refractivity contribution in [2.75, 3.05) is 18.5 Å². The largest absolute Gasteiger partial charge is 0.376 e. The topological polar surface area (TPSA) is 77.3 Å². The summed E-state index contributed by atoms with van der Waals surface area (Å²) < 4.78 is 5.62. The average molecular weight is 289 g/mol. The summed E-state index contributed by atoms with van der Waals surface area (Å²) in [7, 11) is 0. The van der Waals surface area contributed by atoms with Gasteiger partial charge in [-0.2, -0.15) is 0 Å². The van der Waals surface area contributed by atoms with Gasteiger partial charge in [0, 0.05) is 18.5 Å². The zero-order valence-corrected chi connectivity index (χ0v) is 12.4. The summed E-state index contributed by atoms with van der Waals surface area (Å²) in [5.41, 5.74) is 0.770. The number of pyridine rings is 1. The molecule has 0 saturated carbocycles. The van der Waals surface area contributed by atoms with Crippen molar-refractivity contribution in [2.45, 2.75) is 26.4 Å². The molecule has 2 aromatic rings. The minimum atomic E-state index is -0.421. The molecule has 21 heavy (non-hydrogen) atoms. The lowest BCUT2D eigenvalue weighted by molar-refractivity contribution is -0.384. The Morgan fingerprint density at radius 3 is 2.76 bits per heavy atom. The van der Waals surface area contributed by atoms with E-state index in [1.54, 1.807) is 0 Å². The van der Waals surface area contributed by atoms with Gasteiger partial charge in [-0.25, -0.2) is 4.98 Å². The number of hydrogen-bond acceptors (Lipinski definition) is 5. The Kier molecular flexibility index (Phi) is 4.37. The van der Waals surface area contributed by atoms with E-state index in [9.17, 15) is 10.1 Å². The molecule has 0 aliphatic carbocycles. The fraction of sp³-hybridized carbons (Fsp3) is 0.400. The Morgan fingerprint density at radius 2 is 2.10 bits per heavy atom. The zero-order chi connectivity index (χ0) is 15.5. The third-order valence-electron chi connectivity index (χ3n) is 3.18. The number of rotatable bonds is 6. The van der Waals surface area contributed by atoms with Crippen molar-refractivity contribution in [1.29, 1.82) is 0 Å². The third-order valence-corrected chi connectivity index (χ3v) is 3.18. The fourth-order valence-electron chi connectivity index (χ4n) is 2.20. The Hall–Kier alpha value is -2.21. The van der Waals surface area contributed by atoms with Gasteiger partial charge in [-0.1, -0.05) is 18.2 Å². The van der Waals surface area contributed by atoms with E-state index in [0.29, 0.717) is 18.8 Å². The molecule has 0 amide bonds. The quantitative estimate of drug-likeness (QED) is 0.651. The van der Waals surface area contributed by atoms with E-state index < -0.39 is 10.5 Å². The van der Waals surface area contributed by atoms with Crippen LogP contribution < -0.4 is 5.32 Å². The number of anilines is 1. The van der Waals surface area contributed by atoms with Crippen LogP contribution in [0.1, 0.15) is 20.8 Å². The molecule has 0 bridgehead atoms. The van der Waals surface area contributed by atoms with Gasteiger partial charge in [-0.3, -0.25) is 10.1 Å². The summed E-state index contributed by atoms with van der Waals surface area (Å²) in [4.78, 5) is 14.9. The number of fused-ring (bicyclic) bond motifs is 1. The van der Waals surface area contributed by atoms with Crippen molar-refractivity contribution < 1.29 is 9.66 Å². The average Bonchev–Trinajstić information content (AvgIpc) is 2.44. The van der Waals surface area contributed by atoms with Gasteiger partial charge in [0.2, 0.25) is 0 Å². The van der Waals surface area contributed by atoms with Crippen LogP contribution in [-0.2, 0) is 4.74 Å². The predicted octanol–water partition coefficient (Wildman–Crippen LogP) is 3.37. The van der Waals surface area contributed by atoms with Crippen molar-refractivity contribution in [3.05, 3.63) is 40.6 Å². The summed E-state index contributed by atoms with van der Waals surface area (Å²) in [5, 5.41) is 15.1. The van der Waals surface area contributed by atoms with Crippen LogP contribution >= 0.6 is 0 Å². The first-order valence-electron chi connectivity index (χ1n) is 6.84. The monoisotopic (exact) mass is 289 g/mol. The molecule has 0 spiro atoms. The molecule has 0 saturated heterocycles. The number of benzene rings is 1. The molecule has 1 aromatic heterocycles. The first-order valence-corrected chi connectivity index (χ1v) is 6.84. The number of ether oxygens (including phenoxy) is 1. The van der Waals surface area contributed by atoms with Crippen LogP contribution in [0.4, 0.5) is 11.4 Å². The Labute approximate surface area is 123 Å². The second-order valence-electron chi connectivity index (χ2n) is 5.34. The van der Waals surface area contributed by atoms with E-state index in [0.717, 1.165) is 10.9 Å². The van der Waals surface area contributed by atoms with Gasteiger partial charge in [-0.05, 0) is 26.8 Å². The second-order valence-corrected chi connectivity index (χ2v) is 5.34. The molecule has 2 rings (SSSR count). The lowest BCUT2D eigenvalue weighted by Gasteiger charge is -2.25. The Balaban J connectivity index is 2.40. The van der Waals surface area contributed by atoms with Crippen molar-refractivity contribution in [3.8, 4) is 0 Å². The SMILES string of the molecule is CCOC(C)(C)CNc1c([N+](=O)[O-])cnc2ccccc12. The summed E-state index contributed by atoms with van der Waals surface area (Å²) in [6, 6.07) is 7.35. The highest BCUT2D eigenvalue weighted by atomic mass is 16.6. The van der Waals surface area contributed by atoms with Gasteiger partial charge in [0.05, 0.1) is 16.0 Å². The number of para-hydroxylation sites is 1. The second kappa shape index (κ2) is 6.05. The molecular weight excluding hydrogens is 270 g/mol. The molecule has 1 aromatic carbocycles. The van der Waals surface area contributed by atoms with Crippen molar-refractivity contribution in [3.63, 3.8) is 0 Å². The Bertz CT molecular complexity index is 656. The molecule has 0 aliphatic heterocycles. The smallest absolute Gasteiger partial charge is 0.311 e. The first-order chi connectivity index (χ1) is 9.94. The Morgan fingerprint density at radius 1 is 1.38 bits per heavy atom. The maximum absolute atomic E-state index is 11.2. The van der Waals surface area contributed by atoms with Crippen LogP contribution in [0.5, 0.6) is 0 Å². The van der Waals surface area contributed by atoms with Gasteiger partial charge in [0.1, 0.15) is 11.9 Å². The minimum absolute atomic E-state index is 0.0269. The van der Waals surface area contributed by atoms with Crippen LogP contribution in [0, 0.1) is 10.1 Å². The molecule has 6 nitrogen and oxygen atoms in total. The molecule has 0 radical (unpaired) electrons. The van der Waals surface area contributed by atoms with E-state index in [2.05, 4.69) is 10.3 Å². The third kappa shape index (κ3) is 3.46. The van der Waals surface area contributed by atoms with Crippen LogP contribution in [0.3, 0.4) is 0 Å². The normalized spacial score (nSPS) is 11.6. The molecule has 0 aliphatic rings. The zero-order valence-electron chi connectivity index (χ0n) is 12.4. The summed E-state index contributed by atoms with van der Waals surface area (Å²) in [5.74, 6) is 0. The first kappa shape index (κ1) is 15.2. The fourth-order valence-corrected chi connectivity index (χ4v) is 2.20. The van der Waals surface area contributed by atoms with E-state index >= 15 is 0 Å². The maximum Gasteiger partial charge on any atom is 0.311 e. The number of aromatic nitrogens is 1. The van der Waals surface area contributed by atoms with Gasteiger partial charge in [0.15, 0.2) is 0 Å². The number of hydrogen-bond donors (Lipinski definition) is 1. The predicted molar refractivity (Wildman–Crippen MR) is 82.6 cm³/mol. The summed E-state index contributed by atoms with van der Waals surface area (Å²) in [6.45, 7) is 6.87. The van der Waals surface area contributed by atoms with Gasteiger partial charge in [-0.15, -0.1) is 0 Å². The highest BCUT2D eigenvalue weighted by molar-refractivity contribution is 5.95. The van der Waals surface area contributed by atoms with E-state index in [1.807, 2.05) is 45.0 Å². The van der Waals surface area contributed by atoms with E-state index in [4.69, 9.17) is 4.74 Å². The number of nitrogens with one attached hydrogen (secondary N) is 1. The highest BCUT2D eigenvalue weighted by Crippen LogP contribution is 2.31. The molecule has 6 heteroatoms. The van der Waals surface area contributed by atoms with E-state index in [1.165, 1.54) is 6.20 Å². The van der Waals surface area contributed by atoms with Crippen molar-refractivity contribution in [1.82, 2.24) is 4.98 Å². The molecule has 0 fully saturated rings. The van der Waals surface area contributed by atoms with Crippen molar-refractivity contribution >= 4 is 22.3 Å². The summed E-state index contributed by atoms with van der Waals surface area (Å²) in [6.07, 6.45) is 1.29. The van der Waals surface area contributed by atoms with Gasteiger partial charge in [0.25, 0.3) is 0 Å². The summed E-state index contributed by atoms with van der Waals surface area (Å²) >= 11 is 0. The maximum atomic E-state index is 11.2. The molecule has 1 heterocycles. The molecule has 1 N–H and O–H groups in total. The molecule has 112 valence electrons. The van der Waals surface area contributed by atoms with Crippen LogP contribution in [0.25, 0.3) is 10.9 Å². The minimum Gasteiger partial charge on any atom is -0.376 e. The van der Waals surface area contributed by atoms with Gasteiger partial charge >= 0.3 is 5.69 Å². The van der Waals surface area contributed by atoms with Crippen LogP contribution in [0.15, 0.2) is 30.5 Å². The number of nitrogens with zero attached hydrogens (tertiary/aromatic N) is 2. The van der Waals surface area contributed by atoms with Crippen molar-refractivity contribution in [2.24, 2.45) is 0 Å². The van der Waals surface area contributed by atoms with E-state index in [-0.39, 0.29) is 5.69 Å². The van der Waals surface area contributed by atoms with Crippen LogP contribution in [0.2, 0.25) is 0 Å². The standard InChI is InChI=1S/C15H19N3O3/c1-4-21-15(2,3)10-17-14-11-7-5-6-8-12(11)16-9-13(14)18(19)20/h5-9H,4,10H2,1-3H3,(H,16,17). The lowest BCUT2D eigenvalue weighted by atomic mass is 10.1. The highest BCUT2D eigenvalue weighted by Gasteiger charge is 2.22. The molecule has 0 atom stereocenters. The number of nitro groups is 1. The van der Waals surface area contributed by atoms with Crippen LogP contribution in [-0.4, -0.2) is 28.7 Å². The molecular formula is C15H19N3O3. The van der Waals surface area contributed by atoms with Gasteiger partial charge < -0.3 is 10.1 Å².